The van der Waals surface area contributed by atoms with E-state index in [4.69, 9.17) is 9.47 Å². The van der Waals surface area contributed by atoms with Gasteiger partial charge in [-0.1, -0.05) is 19.1 Å². The molecule has 170 valence electrons. The van der Waals surface area contributed by atoms with Crippen molar-refractivity contribution in [3.05, 3.63) is 51.7 Å². The number of nitrogens with zero attached hydrogens (tertiary/aromatic N) is 2. The Hall–Kier alpha value is -1.93. The first-order chi connectivity index (χ1) is 15.0. The van der Waals surface area contributed by atoms with E-state index < -0.39 is 6.10 Å². The minimum absolute atomic E-state index is 0.0640. The molecule has 0 bridgehead atoms. The van der Waals surface area contributed by atoms with Gasteiger partial charge >= 0.3 is 0 Å². The fourth-order valence-electron chi connectivity index (χ4n) is 3.92. The number of methoxy groups -OCH3 is 1. The molecule has 0 fully saturated rings. The average Bonchev–Trinajstić information content (AvgIpc) is 3.24. The van der Waals surface area contributed by atoms with E-state index in [1.807, 2.05) is 47.9 Å². The van der Waals surface area contributed by atoms with Crippen molar-refractivity contribution in [2.45, 2.75) is 38.8 Å². The number of amides is 1. The van der Waals surface area contributed by atoms with Gasteiger partial charge in [0.15, 0.2) is 0 Å². The summed E-state index contributed by atoms with van der Waals surface area (Å²) in [6.07, 6.45) is 1.08. The monoisotopic (exact) mass is 446 g/mol. The highest BCUT2D eigenvalue weighted by atomic mass is 32.1. The molecule has 0 saturated heterocycles. The smallest absolute Gasteiger partial charge is 0.237 e. The summed E-state index contributed by atoms with van der Waals surface area (Å²) in [4.78, 5) is 18.6. The number of aliphatic hydroxyl groups excluding tert-OH is 1. The Morgan fingerprint density at radius 2 is 2.23 bits per heavy atom. The number of aryl methyl sites for hydroxylation is 1. The molecule has 1 amide bonds. The summed E-state index contributed by atoms with van der Waals surface area (Å²) in [6, 6.07) is 10.0. The van der Waals surface area contributed by atoms with E-state index in [0.29, 0.717) is 39.3 Å². The van der Waals surface area contributed by atoms with Crippen LogP contribution < -0.4 is 4.74 Å². The summed E-state index contributed by atoms with van der Waals surface area (Å²) in [5, 5.41) is 12.2. The lowest BCUT2D eigenvalue weighted by Gasteiger charge is -2.37. The number of carbonyl (C=O) groups is 1. The first kappa shape index (κ1) is 23.7. The molecule has 0 unspecified atom stereocenters. The number of benzene rings is 1. The molecule has 2 heterocycles. The van der Waals surface area contributed by atoms with Gasteiger partial charge in [0.25, 0.3) is 0 Å². The van der Waals surface area contributed by atoms with Crippen LogP contribution in [0.2, 0.25) is 0 Å². The van der Waals surface area contributed by atoms with E-state index >= 15 is 0 Å². The van der Waals surface area contributed by atoms with Crippen molar-refractivity contribution in [3.63, 3.8) is 0 Å². The van der Waals surface area contributed by atoms with Crippen LogP contribution in [-0.4, -0.2) is 73.4 Å². The lowest BCUT2D eigenvalue weighted by Crippen LogP contribution is -2.48. The standard InChI is InChI=1S/C24H34N2O4S/c1-4-19(27)15-25(11-12-29-3)16-24(28)26-10-8-23-21(9-13-31-23)22(26)17-30-20-7-5-6-18(2)14-20/h5-7,9,13-14,19,22,27H,4,8,10-12,15-17H2,1-3H3/t19-,22+/m1/s1. The highest BCUT2D eigenvalue weighted by Gasteiger charge is 2.33. The molecule has 0 spiro atoms. The quantitative estimate of drug-likeness (QED) is 0.574. The molecule has 7 heteroatoms. The van der Waals surface area contributed by atoms with Crippen LogP contribution in [0.25, 0.3) is 0 Å². The number of ether oxygens (including phenoxy) is 2. The summed E-state index contributed by atoms with van der Waals surface area (Å²) in [5.74, 6) is 0.886. The van der Waals surface area contributed by atoms with Crippen LogP contribution in [0, 0.1) is 6.92 Å². The molecule has 3 rings (SSSR count). The van der Waals surface area contributed by atoms with E-state index in [1.54, 1.807) is 18.4 Å². The Bertz CT molecular complexity index is 840. The van der Waals surface area contributed by atoms with E-state index in [9.17, 15) is 9.90 Å². The fraction of sp³-hybridized carbons (Fsp3) is 0.542. The van der Waals surface area contributed by atoms with Crippen LogP contribution in [-0.2, 0) is 16.0 Å². The van der Waals surface area contributed by atoms with Gasteiger partial charge in [0.2, 0.25) is 5.91 Å². The predicted molar refractivity (Wildman–Crippen MR) is 124 cm³/mol. The largest absolute Gasteiger partial charge is 0.491 e. The number of hydrogen-bond acceptors (Lipinski definition) is 6. The van der Waals surface area contributed by atoms with Crippen molar-refractivity contribution in [2.24, 2.45) is 0 Å². The second-order valence-corrected chi connectivity index (χ2v) is 9.07. The molecule has 0 saturated carbocycles. The van der Waals surface area contributed by atoms with Crippen LogP contribution >= 0.6 is 11.3 Å². The van der Waals surface area contributed by atoms with Gasteiger partial charge in [-0.2, -0.15) is 0 Å². The van der Waals surface area contributed by atoms with Gasteiger partial charge in [-0.3, -0.25) is 9.69 Å². The fourth-order valence-corrected chi connectivity index (χ4v) is 4.85. The number of hydrogen-bond donors (Lipinski definition) is 1. The summed E-state index contributed by atoms with van der Waals surface area (Å²) in [6.45, 7) is 6.97. The van der Waals surface area contributed by atoms with Crippen molar-refractivity contribution in [1.82, 2.24) is 9.80 Å². The zero-order valence-electron chi connectivity index (χ0n) is 18.8. The molecule has 1 aliphatic rings. The summed E-state index contributed by atoms with van der Waals surface area (Å²) >= 11 is 1.75. The molecule has 0 aliphatic carbocycles. The molecular weight excluding hydrogens is 412 g/mol. The minimum atomic E-state index is -0.449. The third-order valence-electron chi connectivity index (χ3n) is 5.72. The molecule has 1 aromatic carbocycles. The van der Waals surface area contributed by atoms with Crippen molar-refractivity contribution < 1.29 is 19.4 Å². The molecule has 1 aliphatic heterocycles. The Balaban J connectivity index is 1.72. The highest BCUT2D eigenvalue weighted by molar-refractivity contribution is 7.10. The maximum Gasteiger partial charge on any atom is 0.237 e. The van der Waals surface area contributed by atoms with Crippen LogP contribution in [0.5, 0.6) is 5.75 Å². The molecule has 0 radical (unpaired) electrons. The van der Waals surface area contributed by atoms with Gasteiger partial charge in [-0.05, 0) is 54.5 Å². The van der Waals surface area contributed by atoms with E-state index in [0.717, 1.165) is 17.7 Å². The number of fused-ring (bicyclic) bond motifs is 1. The number of aliphatic hydroxyl groups is 1. The first-order valence-corrected chi connectivity index (χ1v) is 11.8. The van der Waals surface area contributed by atoms with Crippen LogP contribution in [0.3, 0.4) is 0 Å². The number of thiophene rings is 1. The van der Waals surface area contributed by atoms with Gasteiger partial charge in [0.1, 0.15) is 12.4 Å². The van der Waals surface area contributed by atoms with Crippen LogP contribution in [0.1, 0.15) is 35.4 Å². The zero-order chi connectivity index (χ0) is 22.2. The third-order valence-corrected chi connectivity index (χ3v) is 6.72. The van der Waals surface area contributed by atoms with Crippen LogP contribution in [0.15, 0.2) is 35.7 Å². The molecule has 1 N–H and O–H groups in total. The van der Waals surface area contributed by atoms with Crippen molar-refractivity contribution in [1.29, 1.82) is 0 Å². The maximum atomic E-state index is 13.4. The normalized spacial score (nSPS) is 16.9. The Labute approximate surface area is 189 Å². The molecule has 1 aromatic heterocycles. The first-order valence-electron chi connectivity index (χ1n) is 11.0. The van der Waals surface area contributed by atoms with Gasteiger partial charge in [-0.15, -0.1) is 11.3 Å². The van der Waals surface area contributed by atoms with Crippen molar-refractivity contribution in [2.75, 3.05) is 46.5 Å². The third kappa shape index (κ3) is 6.53. The van der Waals surface area contributed by atoms with E-state index in [1.165, 1.54) is 10.4 Å². The second kappa shape index (κ2) is 11.6. The molecule has 2 atom stereocenters. The van der Waals surface area contributed by atoms with Crippen molar-refractivity contribution in [3.8, 4) is 5.75 Å². The Morgan fingerprint density at radius 1 is 1.39 bits per heavy atom. The minimum Gasteiger partial charge on any atom is -0.491 e. The average molecular weight is 447 g/mol. The lowest BCUT2D eigenvalue weighted by atomic mass is 10.0. The molecule has 2 aromatic rings. The number of carbonyl (C=O) groups excluding carboxylic acids is 1. The van der Waals surface area contributed by atoms with Crippen molar-refractivity contribution >= 4 is 17.2 Å². The number of rotatable bonds is 11. The maximum absolute atomic E-state index is 13.4. The van der Waals surface area contributed by atoms with Gasteiger partial charge < -0.3 is 19.5 Å². The van der Waals surface area contributed by atoms with Crippen LogP contribution in [0.4, 0.5) is 0 Å². The molecule has 6 nitrogen and oxygen atoms in total. The highest BCUT2D eigenvalue weighted by Crippen LogP contribution is 2.34. The molecule has 31 heavy (non-hydrogen) atoms. The lowest BCUT2D eigenvalue weighted by molar-refractivity contribution is -0.136. The second-order valence-electron chi connectivity index (χ2n) is 8.07. The zero-order valence-corrected chi connectivity index (χ0v) is 19.6. The SMILES string of the molecule is CC[C@@H](O)CN(CCOC)CC(=O)N1CCc2sccc2[C@@H]1COc1cccc(C)c1. The van der Waals surface area contributed by atoms with E-state index in [-0.39, 0.29) is 18.5 Å². The summed E-state index contributed by atoms with van der Waals surface area (Å²) in [5.41, 5.74) is 2.34. The predicted octanol–water partition coefficient (Wildman–Crippen LogP) is 3.28. The molecular formula is C24H34N2O4S. The van der Waals surface area contributed by atoms with Gasteiger partial charge in [0, 0.05) is 31.6 Å². The summed E-state index contributed by atoms with van der Waals surface area (Å²) in [7, 11) is 1.65. The Kier molecular flexibility index (Phi) is 8.90. The van der Waals surface area contributed by atoms with E-state index in [2.05, 4.69) is 11.4 Å². The Morgan fingerprint density at radius 3 is 2.97 bits per heavy atom. The van der Waals surface area contributed by atoms with Gasteiger partial charge in [-0.25, -0.2) is 0 Å². The van der Waals surface area contributed by atoms with Gasteiger partial charge in [0.05, 0.1) is 25.3 Å². The topological polar surface area (TPSA) is 62.2 Å². The summed E-state index contributed by atoms with van der Waals surface area (Å²) < 4.78 is 11.3.